The van der Waals surface area contributed by atoms with Gasteiger partial charge in [0, 0.05) is 19.6 Å². The molecule has 0 radical (unpaired) electrons. The third-order valence-electron chi connectivity index (χ3n) is 4.40. The van der Waals surface area contributed by atoms with Gasteiger partial charge in [0.15, 0.2) is 0 Å². The fourth-order valence-electron chi connectivity index (χ4n) is 2.79. The normalized spacial score (nSPS) is 29.7. The van der Waals surface area contributed by atoms with E-state index in [1.54, 1.807) is 0 Å². The molecule has 114 valence electrons. The highest BCUT2D eigenvalue weighted by molar-refractivity contribution is 4.86. The molecule has 1 rings (SSSR count). The maximum atomic E-state index is 10.4. The van der Waals surface area contributed by atoms with E-state index in [-0.39, 0.29) is 6.10 Å². The summed E-state index contributed by atoms with van der Waals surface area (Å²) in [6.45, 7) is 10.3. The molecule has 0 spiro atoms. The Morgan fingerprint density at radius 3 is 2.37 bits per heavy atom. The molecule has 1 atom stereocenters. The SMILES string of the molecule is CCN(CC)CC(O)CNCC1(O)CCC(C)CC1. The third kappa shape index (κ3) is 6.21. The van der Waals surface area contributed by atoms with Gasteiger partial charge in [-0.3, -0.25) is 0 Å². The Hall–Kier alpha value is -0.160. The summed E-state index contributed by atoms with van der Waals surface area (Å²) in [6.07, 6.45) is 3.63. The van der Waals surface area contributed by atoms with Crippen LogP contribution in [0.5, 0.6) is 0 Å². The van der Waals surface area contributed by atoms with E-state index in [0.29, 0.717) is 19.6 Å². The van der Waals surface area contributed by atoms with E-state index in [1.807, 2.05) is 0 Å². The summed E-state index contributed by atoms with van der Waals surface area (Å²) < 4.78 is 0. The van der Waals surface area contributed by atoms with E-state index in [2.05, 4.69) is 31.0 Å². The maximum Gasteiger partial charge on any atom is 0.0791 e. The van der Waals surface area contributed by atoms with Gasteiger partial charge in [-0.15, -0.1) is 0 Å². The number of nitrogens with one attached hydrogen (secondary N) is 1. The number of nitrogens with zero attached hydrogens (tertiary/aromatic N) is 1. The van der Waals surface area contributed by atoms with Crippen molar-refractivity contribution in [3.63, 3.8) is 0 Å². The van der Waals surface area contributed by atoms with Crippen molar-refractivity contribution in [1.82, 2.24) is 10.2 Å². The second-order valence-electron chi connectivity index (χ2n) is 6.18. The highest BCUT2D eigenvalue weighted by atomic mass is 16.3. The minimum absolute atomic E-state index is 0.356. The smallest absolute Gasteiger partial charge is 0.0791 e. The van der Waals surface area contributed by atoms with Crippen LogP contribution in [0.2, 0.25) is 0 Å². The van der Waals surface area contributed by atoms with Crippen LogP contribution in [0.3, 0.4) is 0 Å². The van der Waals surface area contributed by atoms with Gasteiger partial charge in [-0.05, 0) is 44.7 Å². The molecule has 0 saturated heterocycles. The Morgan fingerprint density at radius 2 is 1.84 bits per heavy atom. The fraction of sp³-hybridized carbons (Fsp3) is 1.00. The number of hydrogen-bond donors (Lipinski definition) is 3. The predicted octanol–water partition coefficient (Wildman–Crippen LogP) is 1.22. The number of aliphatic hydroxyl groups is 2. The first kappa shape index (κ1) is 16.9. The molecule has 0 aliphatic heterocycles. The molecular weight excluding hydrogens is 240 g/mol. The van der Waals surface area contributed by atoms with Crippen LogP contribution in [0.4, 0.5) is 0 Å². The summed E-state index contributed by atoms with van der Waals surface area (Å²) in [5.41, 5.74) is -0.554. The van der Waals surface area contributed by atoms with Gasteiger partial charge in [0.05, 0.1) is 11.7 Å². The van der Waals surface area contributed by atoms with Gasteiger partial charge in [-0.1, -0.05) is 20.8 Å². The van der Waals surface area contributed by atoms with Gasteiger partial charge in [-0.2, -0.15) is 0 Å². The van der Waals surface area contributed by atoms with Crippen LogP contribution in [0.1, 0.15) is 46.5 Å². The van der Waals surface area contributed by atoms with Crippen LogP contribution in [0.15, 0.2) is 0 Å². The molecular formula is C15H32N2O2. The van der Waals surface area contributed by atoms with E-state index < -0.39 is 5.60 Å². The number of likely N-dealkylation sites (N-methyl/N-ethyl adjacent to an activating group) is 1. The van der Waals surface area contributed by atoms with Crippen molar-refractivity contribution in [2.24, 2.45) is 5.92 Å². The minimum atomic E-state index is -0.554. The van der Waals surface area contributed by atoms with Gasteiger partial charge in [0.25, 0.3) is 0 Å². The molecule has 4 heteroatoms. The lowest BCUT2D eigenvalue weighted by Gasteiger charge is -2.35. The average molecular weight is 272 g/mol. The lowest BCUT2D eigenvalue weighted by Crippen LogP contribution is -2.46. The molecule has 0 aromatic heterocycles. The molecule has 0 bridgehead atoms. The first-order valence-corrected chi connectivity index (χ1v) is 7.82. The van der Waals surface area contributed by atoms with Crippen LogP contribution in [-0.4, -0.2) is 59.5 Å². The first-order chi connectivity index (χ1) is 8.99. The number of hydrogen-bond acceptors (Lipinski definition) is 4. The van der Waals surface area contributed by atoms with Crippen molar-refractivity contribution in [2.75, 3.05) is 32.7 Å². The van der Waals surface area contributed by atoms with E-state index in [1.165, 1.54) is 0 Å². The zero-order valence-electron chi connectivity index (χ0n) is 12.9. The Kier molecular flexibility index (Phi) is 7.29. The van der Waals surface area contributed by atoms with Gasteiger partial charge < -0.3 is 20.4 Å². The standard InChI is InChI=1S/C15H32N2O2/c1-4-17(5-2)11-14(18)10-16-12-15(19)8-6-13(3)7-9-15/h13-14,16,18-19H,4-12H2,1-3H3. The summed E-state index contributed by atoms with van der Waals surface area (Å²) in [5, 5.41) is 23.6. The minimum Gasteiger partial charge on any atom is -0.390 e. The van der Waals surface area contributed by atoms with Crippen molar-refractivity contribution >= 4 is 0 Å². The highest BCUT2D eigenvalue weighted by Crippen LogP contribution is 2.31. The topological polar surface area (TPSA) is 55.7 Å². The predicted molar refractivity (Wildman–Crippen MR) is 79.2 cm³/mol. The molecule has 4 nitrogen and oxygen atoms in total. The lowest BCUT2D eigenvalue weighted by molar-refractivity contribution is -0.00863. The summed E-state index contributed by atoms with van der Waals surface area (Å²) >= 11 is 0. The van der Waals surface area contributed by atoms with Gasteiger partial charge in [0.1, 0.15) is 0 Å². The lowest BCUT2D eigenvalue weighted by atomic mass is 9.79. The van der Waals surface area contributed by atoms with Gasteiger partial charge in [-0.25, -0.2) is 0 Å². The second-order valence-corrected chi connectivity index (χ2v) is 6.18. The molecule has 0 aromatic carbocycles. The Labute approximate surface area is 118 Å². The van der Waals surface area contributed by atoms with Crippen molar-refractivity contribution < 1.29 is 10.2 Å². The Bertz CT molecular complexity index is 236. The fourth-order valence-corrected chi connectivity index (χ4v) is 2.79. The molecule has 3 N–H and O–H groups in total. The van der Waals surface area contributed by atoms with Gasteiger partial charge in [0.2, 0.25) is 0 Å². The molecule has 0 heterocycles. The van der Waals surface area contributed by atoms with Crippen molar-refractivity contribution in [2.45, 2.75) is 58.2 Å². The molecule has 0 amide bonds. The Morgan fingerprint density at radius 1 is 1.26 bits per heavy atom. The number of aliphatic hydroxyl groups excluding tert-OH is 1. The highest BCUT2D eigenvalue weighted by Gasteiger charge is 2.31. The van der Waals surface area contributed by atoms with Crippen molar-refractivity contribution in [1.29, 1.82) is 0 Å². The molecule has 1 aliphatic carbocycles. The molecule has 19 heavy (non-hydrogen) atoms. The molecule has 1 saturated carbocycles. The van der Waals surface area contributed by atoms with Crippen LogP contribution in [0.25, 0.3) is 0 Å². The van der Waals surface area contributed by atoms with Crippen LogP contribution >= 0.6 is 0 Å². The van der Waals surface area contributed by atoms with E-state index in [0.717, 1.165) is 44.7 Å². The molecule has 1 aliphatic rings. The van der Waals surface area contributed by atoms with E-state index in [4.69, 9.17) is 0 Å². The number of rotatable bonds is 8. The van der Waals surface area contributed by atoms with Gasteiger partial charge >= 0.3 is 0 Å². The molecule has 1 unspecified atom stereocenters. The van der Waals surface area contributed by atoms with Crippen LogP contribution in [0, 0.1) is 5.92 Å². The largest absolute Gasteiger partial charge is 0.390 e. The third-order valence-corrected chi connectivity index (χ3v) is 4.40. The molecule has 1 fully saturated rings. The zero-order valence-corrected chi connectivity index (χ0v) is 12.9. The summed E-state index contributed by atoms with van der Waals surface area (Å²) in [4.78, 5) is 2.21. The second kappa shape index (κ2) is 8.20. The average Bonchev–Trinajstić information content (AvgIpc) is 2.40. The van der Waals surface area contributed by atoms with Crippen molar-refractivity contribution in [3.05, 3.63) is 0 Å². The maximum absolute atomic E-state index is 10.4. The molecule has 0 aromatic rings. The van der Waals surface area contributed by atoms with E-state index in [9.17, 15) is 10.2 Å². The van der Waals surface area contributed by atoms with E-state index >= 15 is 0 Å². The summed E-state index contributed by atoms with van der Waals surface area (Å²) in [5.74, 6) is 0.744. The first-order valence-electron chi connectivity index (χ1n) is 7.82. The zero-order chi connectivity index (χ0) is 14.3. The summed E-state index contributed by atoms with van der Waals surface area (Å²) in [7, 11) is 0. The van der Waals surface area contributed by atoms with Crippen LogP contribution in [-0.2, 0) is 0 Å². The Balaban J connectivity index is 2.18. The van der Waals surface area contributed by atoms with Crippen molar-refractivity contribution in [3.8, 4) is 0 Å². The quantitative estimate of drug-likeness (QED) is 0.622. The summed E-state index contributed by atoms with van der Waals surface area (Å²) in [6, 6.07) is 0. The van der Waals surface area contributed by atoms with Crippen LogP contribution < -0.4 is 5.32 Å². The monoisotopic (exact) mass is 272 g/mol.